The third-order valence-electron chi connectivity index (χ3n) is 10.1. The highest BCUT2D eigenvalue weighted by atomic mass is 35.5. The summed E-state index contributed by atoms with van der Waals surface area (Å²) < 4.78 is 0.585. The molecule has 0 aliphatic heterocycles. The zero-order valence-electron chi connectivity index (χ0n) is 32.2. The van der Waals surface area contributed by atoms with Gasteiger partial charge in [0.05, 0.1) is 27.7 Å². The van der Waals surface area contributed by atoms with E-state index < -0.39 is 5.41 Å². The molecule has 0 atom stereocenters. The predicted molar refractivity (Wildman–Crippen MR) is 205 cm³/mol. The van der Waals surface area contributed by atoms with Crippen LogP contribution in [0.5, 0.6) is 0 Å². The van der Waals surface area contributed by atoms with Gasteiger partial charge in [-0.3, -0.25) is 9.59 Å². The molecule has 274 valence electrons. The Morgan fingerprint density at radius 1 is 0.413 bits per heavy atom. The van der Waals surface area contributed by atoms with Gasteiger partial charge in [0.15, 0.2) is 11.6 Å². The van der Waals surface area contributed by atoms with Crippen LogP contribution in [-0.4, -0.2) is 49.6 Å². The zero-order chi connectivity index (χ0) is 34.2. The van der Waals surface area contributed by atoms with Crippen LogP contribution < -0.4 is 0 Å². The number of nitrogens with zero attached hydrogens (tertiary/aromatic N) is 1. The summed E-state index contributed by atoms with van der Waals surface area (Å²) >= 11 is 6.51. The monoisotopic (exact) mass is 669 g/mol. The van der Waals surface area contributed by atoms with Gasteiger partial charge in [0.2, 0.25) is 0 Å². The Morgan fingerprint density at radius 2 is 0.630 bits per heavy atom. The zero-order valence-corrected chi connectivity index (χ0v) is 32.9. The summed E-state index contributed by atoms with van der Waals surface area (Å²) in [5, 5.41) is 0. The SMILES string of the molecule is CCCCCCCCCCCCCCCCCC(=O)C(CCl)(C[N+](C)(C)C)C(=O)CCCCCCCCCCCCCCCCC. The first-order valence-corrected chi connectivity index (χ1v) is 21.2. The van der Waals surface area contributed by atoms with E-state index in [1.807, 2.05) is 0 Å². The predicted octanol–water partition coefficient (Wildman–Crippen LogP) is 13.6. The molecular weight excluding hydrogens is 586 g/mol. The lowest BCUT2D eigenvalue weighted by molar-refractivity contribution is -0.874. The van der Waals surface area contributed by atoms with Crippen LogP contribution in [0.2, 0.25) is 0 Å². The molecule has 46 heavy (non-hydrogen) atoms. The van der Waals surface area contributed by atoms with Gasteiger partial charge in [0.1, 0.15) is 5.41 Å². The van der Waals surface area contributed by atoms with Gasteiger partial charge >= 0.3 is 0 Å². The summed E-state index contributed by atoms with van der Waals surface area (Å²) in [4.78, 5) is 27.2. The normalized spacial score (nSPS) is 12.2. The van der Waals surface area contributed by atoms with E-state index in [1.54, 1.807) is 0 Å². The third kappa shape index (κ3) is 26.5. The highest BCUT2D eigenvalue weighted by molar-refractivity contribution is 6.24. The maximum absolute atomic E-state index is 13.6. The van der Waals surface area contributed by atoms with Crippen LogP contribution >= 0.6 is 11.6 Å². The van der Waals surface area contributed by atoms with Crippen LogP contribution in [0.3, 0.4) is 0 Å². The standard InChI is InChI=1S/C42H83ClNO2/c1-6-8-10-12-14-16-18-20-22-24-26-28-30-32-34-36-40(45)42(38-43,39-44(3,4)5)41(46)37-35-33-31-29-27-25-23-21-19-17-15-13-11-9-7-2/h6-39H2,1-5H3/q+1. The van der Waals surface area contributed by atoms with E-state index in [4.69, 9.17) is 11.6 Å². The lowest BCUT2D eigenvalue weighted by atomic mass is 9.76. The molecule has 0 fully saturated rings. The molecule has 3 nitrogen and oxygen atoms in total. The molecule has 0 radical (unpaired) electrons. The average molecular weight is 670 g/mol. The Morgan fingerprint density at radius 3 is 0.826 bits per heavy atom. The van der Waals surface area contributed by atoms with E-state index in [0.717, 1.165) is 25.7 Å². The first-order valence-electron chi connectivity index (χ1n) is 20.7. The lowest BCUT2D eigenvalue weighted by Gasteiger charge is -2.36. The molecule has 4 heteroatoms. The number of carbonyl (C=O) groups excluding carboxylic acids is 2. The first-order chi connectivity index (χ1) is 22.2. The third-order valence-corrected chi connectivity index (χ3v) is 10.5. The number of ketones is 2. The molecule has 0 aromatic carbocycles. The molecule has 0 bridgehead atoms. The molecule has 0 N–H and O–H groups in total. The van der Waals surface area contributed by atoms with Gasteiger partial charge in [-0.05, 0) is 12.8 Å². The van der Waals surface area contributed by atoms with Crippen molar-refractivity contribution in [2.24, 2.45) is 5.41 Å². The quantitative estimate of drug-likeness (QED) is 0.0286. The van der Waals surface area contributed by atoms with Crippen LogP contribution in [0.1, 0.15) is 219 Å². The van der Waals surface area contributed by atoms with E-state index in [-0.39, 0.29) is 17.4 Å². The van der Waals surface area contributed by atoms with Crippen molar-refractivity contribution in [3.63, 3.8) is 0 Å². The molecule has 0 unspecified atom stereocenters. The number of carbonyl (C=O) groups is 2. The van der Waals surface area contributed by atoms with Crippen LogP contribution in [-0.2, 0) is 9.59 Å². The van der Waals surface area contributed by atoms with E-state index in [2.05, 4.69) is 35.0 Å². The summed E-state index contributed by atoms with van der Waals surface area (Å²) in [7, 11) is 6.22. The minimum atomic E-state index is -1.02. The largest absolute Gasteiger partial charge is 0.330 e. The van der Waals surface area contributed by atoms with Crippen molar-refractivity contribution in [1.29, 1.82) is 0 Å². The molecule has 0 saturated carbocycles. The van der Waals surface area contributed by atoms with Crippen LogP contribution in [0.4, 0.5) is 0 Å². The van der Waals surface area contributed by atoms with Crippen LogP contribution in [0, 0.1) is 5.41 Å². The first kappa shape index (κ1) is 45.6. The van der Waals surface area contributed by atoms with E-state index >= 15 is 0 Å². The topological polar surface area (TPSA) is 34.1 Å². The number of Topliss-reactive ketones (excluding diaryl/α,β-unsaturated/α-hetero) is 2. The Hall–Kier alpha value is -0.410. The van der Waals surface area contributed by atoms with Gasteiger partial charge in [-0.1, -0.05) is 194 Å². The number of quaternary nitrogens is 1. The van der Waals surface area contributed by atoms with Gasteiger partial charge in [-0.2, -0.15) is 0 Å². The summed E-state index contributed by atoms with van der Waals surface area (Å²) in [6, 6.07) is 0. The molecule has 0 rings (SSSR count). The van der Waals surface area contributed by atoms with Gasteiger partial charge in [-0.15, -0.1) is 11.6 Å². The smallest absolute Gasteiger partial charge is 0.153 e. The molecule has 0 aliphatic carbocycles. The number of unbranched alkanes of at least 4 members (excludes halogenated alkanes) is 28. The maximum atomic E-state index is 13.6. The molecule has 0 heterocycles. The van der Waals surface area contributed by atoms with E-state index in [9.17, 15) is 9.59 Å². The van der Waals surface area contributed by atoms with Gasteiger partial charge in [-0.25, -0.2) is 0 Å². The number of hydrogen-bond acceptors (Lipinski definition) is 2. The number of hydrogen-bond donors (Lipinski definition) is 0. The van der Waals surface area contributed by atoms with Crippen molar-refractivity contribution in [1.82, 2.24) is 0 Å². The minimum absolute atomic E-state index is 0.0937. The van der Waals surface area contributed by atoms with Gasteiger partial charge in [0, 0.05) is 18.7 Å². The highest BCUT2D eigenvalue weighted by Gasteiger charge is 2.47. The summed E-state index contributed by atoms with van der Waals surface area (Å²) in [6.45, 7) is 5.07. The number of alkyl halides is 1. The lowest BCUT2D eigenvalue weighted by Crippen LogP contribution is -2.54. The molecule has 0 spiro atoms. The van der Waals surface area contributed by atoms with Crippen molar-refractivity contribution in [2.45, 2.75) is 219 Å². The Kier molecular flexibility index (Phi) is 31.5. The molecule has 0 aliphatic rings. The number of halogens is 1. The van der Waals surface area contributed by atoms with E-state index in [0.29, 0.717) is 23.9 Å². The maximum Gasteiger partial charge on any atom is 0.153 e. The van der Waals surface area contributed by atoms with Gasteiger partial charge < -0.3 is 4.48 Å². The molecule has 0 saturated heterocycles. The van der Waals surface area contributed by atoms with Crippen LogP contribution in [0.15, 0.2) is 0 Å². The Labute approximate surface area is 294 Å². The molecule has 0 aromatic heterocycles. The second-order valence-electron chi connectivity index (χ2n) is 15.9. The van der Waals surface area contributed by atoms with Crippen molar-refractivity contribution in [3.05, 3.63) is 0 Å². The van der Waals surface area contributed by atoms with E-state index in [1.165, 1.54) is 167 Å². The second kappa shape index (κ2) is 31.8. The van der Waals surface area contributed by atoms with Crippen molar-refractivity contribution in [3.8, 4) is 0 Å². The number of rotatable bonds is 37. The average Bonchev–Trinajstić information content (AvgIpc) is 3.02. The minimum Gasteiger partial charge on any atom is -0.330 e. The van der Waals surface area contributed by atoms with Crippen molar-refractivity contribution < 1.29 is 14.1 Å². The van der Waals surface area contributed by atoms with Gasteiger partial charge in [0.25, 0.3) is 0 Å². The Balaban J connectivity index is 4.15. The molecular formula is C42H83ClNO2+. The van der Waals surface area contributed by atoms with Crippen LogP contribution in [0.25, 0.3) is 0 Å². The summed E-state index contributed by atoms with van der Waals surface area (Å²) in [6.07, 6.45) is 40.3. The highest BCUT2D eigenvalue weighted by Crippen LogP contribution is 2.30. The summed E-state index contributed by atoms with van der Waals surface area (Å²) in [5.41, 5.74) is -1.02. The Bertz CT molecular complexity index is 640. The summed E-state index contributed by atoms with van der Waals surface area (Å²) in [5.74, 6) is 0.310. The van der Waals surface area contributed by atoms with Crippen molar-refractivity contribution in [2.75, 3.05) is 33.6 Å². The second-order valence-corrected chi connectivity index (χ2v) is 16.2. The fourth-order valence-electron chi connectivity index (χ4n) is 7.13. The fraction of sp³-hybridized carbons (Fsp3) is 0.952. The molecule has 0 amide bonds. The molecule has 0 aromatic rings. The van der Waals surface area contributed by atoms with Crippen molar-refractivity contribution >= 4 is 23.2 Å². The fourth-order valence-corrected chi connectivity index (χ4v) is 7.51.